The summed E-state index contributed by atoms with van der Waals surface area (Å²) in [4.78, 5) is 23.0. The summed E-state index contributed by atoms with van der Waals surface area (Å²) in [5, 5.41) is 18.2. The maximum atomic E-state index is 11.5. The molecule has 18 heavy (non-hydrogen) atoms. The first-order chi connectivity index (χ1) is 8.66. The molecular weight excluding hydrogens is 252 g/mol. The number of rotatable bonds is 3. The third-order valence-corrected chi connectivity index (χ3v) is 3.81. The zero-order valence-electron chi connectivity index (χ0n) is 9.89. The molecule has 2 rings (SSSR count). The van der Waals surface area contributed by atoms with Crippen molar-refractivity contribution in [3.63, 3.8) is 0 Å². The summed E-state index contributed by atoms with van der Waals surface area (Å²) in [7, 11) is 0. The smallest absolute Gasteiger partial charge is 0.313 e. The third-order valence-electron chi connectivity index (χ3n) is 3.13. The Hall–Kier alpha value is -1.40. The minimum absolute atomic E-state index is 0.0721. The molecule has 0 spiro atoms. The molecule has 1 saturated carbocycles. The van der Waals surface area contributed by atoms with E-state index >= 15 is 0 Å². The zero-order valence-corrected chi connectivity index (χ0v) is 10.7. The molecule has 1 heterocycles. The second-order valence-electron chi connectivity index (χ2n) is 4.43. The summed E-state index contributed by atoms with van der Waals surface area (Å²) in [5.41, 5.74) is 0.626. The van der Waals surface area contributed by atoms with Crippen molar-refractivity contribution in [1.29, 1.82) is 0 Å². The minimum atomic E-state index is -0.666. The Kier molecular flexibility index (Phi) is 4.33. The van der Waals surface area contributed by atoms with Gasteiger partial charge in [-0.3, -0.25) is 9.59 Å². The molecule has 1 fully saturated rings. The Balaban J connectivity index is 1.75. The van der Waals surface area contributed by atoms with Gasteiger partial charge in [-0.2, -0.15) is 11.3 Å². The van der Waals surface area contributed by atoms with Gasteiger partial charge in [-0.25, -0.2) is 0 Å². The number of carbonyl (C=O) groups excluding carboxylic acids is 2. The average Bonchev–Trinajstić information content (AvgIpc) is 2.98. The SMILES string of the molecule is O=C(NCC1CCCC1O)C(=O)Nc1ccsc1. The van der Waals surface area contributed by atoms with Crippen molar-refractivity contribution in [2.75, 3.05) is 11.9 Å². The normalized spacial score (nSPS) is 22.7. The Bertz CT molecular complexity index is 419. The second kappa shape index (κ2) is 5.97. The van der Waals surface area contributed by atoms with E-state index < -0.39 is 11.8 Å². The second-order valence-corrected chi connectivity index (χ2v) is 5.21. The lowest BCUT2D eigenvalue weighted by Gasteiger charge is -2.14. The molecule has 6 heteroatoms. The van der Waals surface area contributed by atoms with Gasteiger partial charge in [-0.1, -0.05) is 6.42 Å². The Morgan fingerprint density at radius 1 is 1.39 bits per heavy atom. The highest BCUT2D eigenvalue weighted by Gasteiger charge is 2.26. The van der Waals surface area contributed by atoms with E-state index in [9.17, 15) is 14.7 Å². The lowest BCUT2D eigenvalue weighted by Crippen LogP contribution is -2.39. The monoisotopic (exact) mass is 268 g/mol. The van der Waals surface area contributed by atoms with E-state index in [1.807, 2.05) is 5.38 Å². The van der Waals surface area contributed by atoms with Crippen LogP contribution in [0.5, 0.6) is 0 Å². The van der Waals surface area contributed by atoms with E-state index in [0.717, 1.165) is 19.3 Å². The van der Waals surface area contributed by atoms with Gasteiger partial charge in [0.2, 0.25) is 0 Å². The van der Waals surface area contributed by atoms with Gasteiger partial charge in [0.25, 0.3) is 0 Å². The number of hydrogen-bond acceptors (Lipinski definition) is 4. The van der Waals surface area contributed by atoms with Crippen molar-refractivity contribution in [2.24, 2.45) is 5.92 Å². The average molecular weight is 268 g/mol. The Labute approximate surface area is 109 Å². The molecule has 1 aliphatic rings. The highest BCUT2D eigenvalue weighted by molar-refractivity contribution is 7.08. The number of thiophene rings is 1. The van der Waals surface area contributed by atoms with Gasteiger partial charge in [0.1, 0.15) is 0 Å². The van der Waals surface area contributed by atoms with E-state index in [1.165, 1.54) is 11.3 Å². The molecule has 2 amide bonds. The quantitative estimate of drug-likeness (QED) is 0.715. The first-order valence-electron chi connectivity index (χ1n) is 5.96. The highest BCUT2D eigenvalue weighted by Crippen LogP contribution is 2.24. The van der Waals surface area contributed by atoms with E-state index in [4.69, 9.17) is 0 Å². The molecule has 3 N–H and O–H groups in total. The molecule has 1 aromatic rings. The summed E-state index contributed by atoms with van der Waals surface area (Å²) in [5.74, 6) is -1.25. The van der Waals surface area contributed by atoms with Crippen LogP contribution in [0.3, 0.4) is 0 Å². The molecule has 0 radical (unpaired) electrons. The fourth-order valence-corrected chi connectivity index (χ4v) is 2.67. The van der Waals surface area contributed by atoms with E-state index in [2.05, 4.69) is 10.6 Å². The van der Waals surface area contributed by atoms with Crippen LogP contribution in [0.25, 0.3) is 0 Å². The standard InChI is InChI=1S/C12H16N2O3S/c15-10-3-1-2-8(10)6-13-11(16)12(17)14-9-4-5-18-7-9/h4-5,7-8,10,15H,1-3,6H2,(H,13,16)(H,14,17). The largest absolute Gasteiger partial charge is 0.393 e. The van der Waals surface area contributed by atoms with Crippen LogP contribution in [0.2, 0.25) is 0 Å². The number of aliphatic hydroxyl groups excluding tert-OH is 1. The number of amides is 2. The van der Waals surface area contributed by atoms with Crippen molar-refractivity contribution in [3.8, 4) is 0 Å². The van der Waals surface area contributed by atoms with Crippen LogP contribution in [0.4, 0.5) is 5.69 Å². The minimum Gasteiger partial charge on any atom is -0.393 e. The van der Waals surface area contributed by atoms with Crippen molar-refractivity contribution in [1.82, 2.24) is 5.32 Å². The molecule has 0 aliphatic heterocycles. The lowest BCUT2D eigenvalue weighted by atomic mass is 10.1. The van der Waals surface area contributed by atoms with Crippen molar-refractivity contribution in [2.45, 2.75) is 25.4 Å². The zero-order chi connectivity index (χ0) is 13.0. The van der Waals surface area contributed by atoms with Crippen LogP contribution >= 0.6 is 11.3 Å². The van der Waals surface area contributed by atoms with Crippen molar-refractivity contribution >= 4 is 28.8 Å². The van der Waals surface area contributed by atoms with Gasteiger partial charge in [-0.15, -0.1) is 0 Å². The number of carbonyl (C=O) groups is 2. The Morgan fingerprint density at radius 3 is 2.83 bits per heavy atom. The third kappa shape index (κ3) is 3.30. The summed E-state index contributed by atoms with van der Waals surface area (Å²) in [6.45, 7) is 0.358. The van der Waals surface area contributed by atoms with Crippen LogP contribution in [0.1, 0.15) is 19.3 Å². The molecule has 2 atom stereocenters. The molecule has 1 aromatic heterocycles. The highest BCUT2D eigenvalue weighted by atomic mass is 32.1. The van der Waals surface area contributed by atoms with Crippen molar-refractivity contribution < 1.29 is 14.7 Å². The topological polar surface area (TPSA) is 78.4 Å². The van der Waals surface area contributed by atoms with E-state index in [0.29, 0.717) is 12.2 Å². The molecule has 0 bridgehead atoms. The molecule has 1 aliphatic carbocycles. The van der Waals surface area contributed by atoms with Gasteiger partial charge in [0.15, 0.2) is 0 Å². The first kappa shape index (κ1) is 13.0. The maximum Gasteiger partial charge on any atom is 0.313 e. The molecule has 5 nitrogen and oxygen atoms in total. The predicted octanol–water partition coefficient (Wildman–Crippen LogP) is 0.964. The van der Waals surface area contributed by atoms with Crippen LogP contribution in [-0.4, -0.2) is 29.6 Å². The lowest BCUT2D eigenvalue weighted by molar-refractivity contribution is -0.136. The van der Waals surface area contributed by atoms with Crippen LogP contribution in [-0.2, 0) is 9.59 Å². The molecule has 98 valence electrons. The van der Waals surface area contributed by atoms with Crippen molar-refractivity contribution in [3.05, 3.63) is 16.8 Å². The summed E-state index contributed by atoms with van der Waals surface area (Å²) in [6, 6.07) is 1.73. The number of anilines is 1. The number of hydrogen-bond donors (Lipinski definition) is 3. The summed E-state index contributed by atoms with van der Waals surface area (Å²) < 4.78 is 0. The Morgan fingerprint density at radius 2 is 2.22 bits per heavy atom. The molecular formula is C12H16N2O3S. The molecule has 0 saturated heterocycles. The van der Waals surface area contributed by atoms with E-state index in [1.54, 1.807) is 11.4 Å². The maximum absolute atomic E-state index is 11.5. The fraction of sp³-hybridized carbons (Fsp3) is 0.500. The van der Waals surface area contributed by atoms with Gasteiger partial charge < -0.3 is 15.7 Å². The first-order valence-corrected chi connectivity index (χ1v) is 6.90. The predicted molar refractivity (Wildman–Crippen MR) is 69.3 cm³/mol. The van der Waals surface area contributed by atoms with Gasteiger partial charge in [0.05, 0.1) is 11.8 Å². The van der Waals surface area contributed by atoms with Gasteiger partial charge >= 0.3 is 11.8 Å². The number of aliphatic hydroxyl groups is 1. The fourth-order valence-electron chi connectivity index (χ4n) is 2.08. The summed E-state index contributed by atoms with van der Waals surface area (Å²) in [6.07, 6.45) is 2.29. The van der Waals surface area contributed by atoms with Gasteiger partial charge in [-0.05, 0) is 24.3 Å². The van der Waals surface area contributed by atoms with Crippen LogP contribution < -0.4 is 10.6 Å². The van der Waals surface area contributed by atoms with Crippen LogP contribution in [0.15, 0.2) is 16.8 Å². The summed E-state index contributed by atoms with van der Waals surface area (Å²) >= 11 is 1.45. The van der Waals surface area contributed by atoms with Gasteiger partial charge in [0, 0.05) is 17.8 Å². The molecule has 2 unspecified atom stereocenters. The number of nitrogens with one attached hydrogen (secondary N) is 2. The van der Waals surface area contributed by atoms with E-state index in [-0.39, 0.29) is 12.0 Å². The van der Waals surface area contributed by atoms with Crippen LogP contribution in [0, 0.1) is 5.92 Å². The molecule has 0 aromatic carbocycles.